The minimum absolute atomic E-state index is 0.00991. The van der Waals surface area contributed by atoms with E-state index in [0.29, 0.717) is 57.8 Å². The fourth-order valence-electron chi connectivity index (χ4n) is 19.3. The van der Waals surface area contributed by atoms with Crippen LogP contribution in [0.15, 0.2) is 0 Å². The largest absolute Gasteiger partial charge is 0.397 e. The molecule has 650 valence electrons. The fourth-order valence-corrected chi connectivity index (χ4v) is 19.3. The van der Waals surface area contributed by atoms with Crippen LogP contribution in [-0.4, -0.2) is 301 Å². The molecule has 2 unspecified atom stereocenters. The second-order valence-corrected chi connectivity index (χ2v) is 35.2. The third-order valence-corrected chi connectivity index (χ3v) is 26.8. The van der Waals surface area contributed by atoms with E-state index in [9.17, 15) is 40.7 Å². The second-order valence-electron chi connectivity index (χ2n) is 35.2. The Kier molecular flexibility index (Phi) is 32.1. The number of hydrogen-bond acceptors (Lipinski definition) is 14. The van der Waals surface area contributed by atoms with Crippen LogP contribution in [0.2, 0.25) is 0 Å². The molecule has 9 rings (SSSR count). The van der Waals surface area contributed by atoms with Crippen LogP contribution in [-0.2, 0) is 67.0 Å². The van der Waals surface area contributed by atoms with E-state index < -0.39 is 230 Å². The van der Waals surface area contributed by atoms with Crippen molar-refractivity contribution in [1.82, 2.24) is 60.0 Å². The van der Waals surface area contributed by atoms with Crippen LogP contribution in [0.3, 0.4) is 0 Å². The fraction of sp³-hybridized carbons (Fsp3) is 0.852. The first kappa shape index (κ1) is 91.9. The number of nitrogens with zero attached hydrogens (tertiary/aromatic N) is 9. The zero-order chi connectivity index (χ0) is 84.3. The summed E-state index contributed by atoms with van der Waals surface area (Å²) in [5.74, 6) is -16.6. The Labute approximate surface area is 671 Å². The summed E-state index contributed by atoms with van der Waals surface area (Å²) in [6.07, 6.45) is -11.7. The van der Waals surface area contributed by atoms with Gasteiger partial charge in [0.15, 0.2) is 0 Å². The number of hydrogen-bond donors (Lipinski definition) is 3. The molecule has 4 saturated heterocycles. The third kappa shape index (κ3) is 22.5. The van der Waals surface area contributed by atoms with E-state index in [4.69, 9.17) is 9.47 Å². The highest BCUT2D eigenvalue weighted by atomic mass is 19.4. The molecule has 5 saturated carbocycles. The van der Waals surface area contributed by atoms with E-state index in [1.807, 2.05) is 13.8 Å². The molecule has 0 aromatic rings. The predicted octanol–water partition coefficient (Wildman–Crippen LogP) is 7.52. The number of fused-ring (bicyclic) bond motifs is 3. The first-order valence-electron chi connectivity index (χ1n) is 42.2. The Hall–Kier alpha value is -7.00. The summed E-state index contributed by atoms with van der Waals surface area (Å²) in [6.45, 7) is 6.10. The molecule has 0 aromatic carbocycles. The van der Waals surface area contributed by atoms with Crippen molar-refractivity contribution in [3.63, 3.8) is 0 Å². The molecular formula is C81H126F8N12O14. The average Bonchev–Trinajstić information content (AvgIpc) is 1.75. The summed E-state index contributed by atoms with van der Waals surface area (Å²) in [4.78, 5) is 195. The second kappa shape index (κ2) is 40.2. The monoisotopic (exact) mass is 1640 g/mol. The van der Waals surface area contributed by atoms with E-state index in [-0.39, 0.29) is 128 Å². The van der Waals surface area contributed by atoms with Crippen molar-refractivity contribution in [2.45, 2.75) is 292 Å². The quantitative estimate of drug-likeness (QED) is 0.142. The van der Waals surface area contributed by atoms with E-state index in [1.54, 1.807) is 13.8 Å². The van der Waals surface area contributed by atoms with Gasteiger partial charge in [0.2, 0.25) is 70.9 Å². The summed E-state index contributed by atoms with van der Waals surface area (Å²) in [6, 6.07) is -11.4. The SMILES string of the molecule is CC[C@H](C)[C@@H]1NC(=O)[C@H](CC(C)C)N(C)C(=O)C[C@@H](C(=O)N2CCOCC2)N(C)C(=O)[C@H](C2CCCC2)N(C)C(=O)C2(CCC2)NC(=O)[C@@H]2[C@@H](OCC3CCCC3)CCN2C(=O)[C@H](CCC2CC(F)C(C(F)(F)F)C(F)C2)NC(=O)CN(C)C(=O)[C@H](CC2CCC(C(F)(F)F)CC2)N2CCCCC[C@@H](C2=O)N(C)C(=O)CN(C)C1=O. The van der Waals surface area contributed by atoms with Gasteiger partial charge in [0.25, 0.3) is 0 Å². The summed E-state index contributed by atoms with van der Waals surface area (Å²) in [5, 5.41) is 8.60. The van der Waals surface area contributed by atoms with Crippen molar-refractivity contribution in [1.29, 1.82) is 0 Å². The molecule has 9 fully saturated rings. The Morgan fingerprint density at radius 3 is 1.77 bits per heavy atom. The van der Waals surface area contributed by atoms with Gasteiger partial charge in [-0.15, -0.1) is 0 Å². The lowest BCUT2D eigenvalue weighted by molar-refractivity contribution is -0.219. The maximum atomic E-state index is 15.9. The number of likely N-dealkylation sites (N-methyl/N-ethyl adjacent to an activating group) is 6. The number of ether oxygens (including phenoxy) is 2. The van der Waals surface area contributed by atoms with Crippen molar-refractivity contribution in [2.24, 2.45) is 47.3 Å². The number of halogens is 8. The molecule has 5 aliphatic carbocycles. The van der Waals surface area contributed by atoms with Crippen molar-refractivity contribution >= 4 is 70.9 Å². The number of carbonyl (C=O) groups is 12. The van der Waals surface area contributed by atoms with Crippen molar-refractivity contribution in [3.8, 4) is 0 Å². The molecule has 3 N–H and O–H groups in total. The first-order chi connectivity index (χ1) is 54.3. The van der Waals surface area contributed by atoms with Crippen LogP contribution in [0.5, 0.6) is 0 Å². The minimum atomic E-state index is -5.22. The van der Waals surface area contributed by atoms with Crippen LogP contribution in [0.4, 0.5) is 35.1 Å². The highest BCUT2D eigenvalue weighted by molar-refractivity contribution is 6.01. The van der Waals surface area contributed by atoms with Gasteiger partial charge in [0, 0.05) is 75.1 Å². The first-order valence-corrected chi connectivity index (χ1v) is 42.2. The number of morpholine rings is 1. The zero-order valence-corrected chi connectivity index (χ0v) is 68.9. The van der Waals surface area contributed by atoms with Gasteiger partial charge in [-0.25, -0.2) is 8.78 Å². The molecule has 0 aromatic heterocycles. The topological polar surface area (TPSA) is 289 Å². The smallest absolute Gasteiger partial charge is 0.378 e. The third-order valence-electron chi connectivity index (χ3n) is 26.8. The van der Waals surface area contributed by atoms with Crippen LogP contribution in [0.25, 0.3) is 0 Å². The molecule has 34 heteroatoms. The standard InChI is InChI=1S/C81H126F8N12O14/c1-11-49(4)67-76(111)94(6)46-65(104)95(7)58-24-13-12-18-34-100(75(58)110)61(43-50-25-28-54(29-26-50)80(84,85)86)73(108)93(5)45-63(102)90-57(30-27-52-41-55(82)66(56(83)42-52)81(87,88)89)72(107)101-35-31-62(115-47-51-20-14-15-21-51)69(101)71(106)92-79(32-19-33-79)78(113)98(10)68(53-22-16-17-23-53)77(112)97(9)60(74(109)99-36-38-114-39-37-99)44-64(103)96(8)59(40-48(2)3)70(105)91-67/h48-62,66-69H,11-47H2,1-10H3,(H,90,102)(H,91,105)(H,92,106)/t49-,50?,52?,54?,55?,56?,57-,58-,59-,60-,61-,62-,66?,67-,68-,69-/m0/s1. The minimum Gasteiger partial charge on any atom is -0.378 e. The lowest BCUT2D eigenvalue weighted by atomic mass is 9.74. The van der Waals surface area contributed by atoms with Gasteiger partial charge in [-0.2, -0.15) is 26.3 Å². The normalized spacial score (nSPS) is 32.3. The summed E-state index contributed by atoms with van der Waals surface area (Å²) < 4.78 is 128. The molecule has 26 nitrogen and oxygen atoms in total. The molecule has 12 atom stereocenters. The highest BCUT2D eigenvalue weighted by Crippen LogP contribution is 2.46. The van der Waals surface area contributed by atoms with Crippen molar-refractivity contribution < 1.29 is 102 Å². The Morgan fingerprint density at radius 2 is 1.18 bits per heavy atom. The molecular weight excluding hydrogens is 1520 g/mol. The Bertz CT molecular complexity index is 3390. The van der Waals surface area contributed by atoms with E-state index in [0.717, 1.165) is 35.5 Å². The van der Waals surface area contributed by atoms with E-state index in [2.05, 4.69) is 16.0 Å². The summed E-state index contributed by atoms with van der Waals surface area (Å²) in [5.41, 5.74) is -1.72. The molecule has 12 amide bonds. The van der Waals surface area contributed by atoms with E-state index >= 15 is 51.9 Å². The van der Waals surface area contributed by atoms with Crippen LogP contribution >= 0.6 is 0 Å². The average molecular weight is 1640 g/mol. The van der Waals surface area contributed by atoms with Gasteiger partial charge in [0.05, 0.1) is 44.7 Å². The molecule has 2 bridgehead atoms. The Balaban J connectivity index is 1.12. The van der Waals surface area contributed by atoms with Gasteiger partial charge in [-0.05, 0) is 164 Å². The number of alkyl halides is 8. The summed E-state index contributed by atoms with van der Waals surface area (Å²) in [7, 11) is 8.17. The molecule has 9 aliphatic rings. The van der Waals surface area contributed by atoms with Crippen LogP contribution in [0, 0.1) is 47.3 Å². The maximum absolute atomic E-state index is 15.9. The summed E-state index contributed by atoms with van der Waals surface area (Å²) >= 11 is 0. The van der Waals surface area contributed by atoms with Crippen LogP contribution < -0.4 is 16.0 Å². The van der Waals surface area contributed by atoms with Gasteiger partial charge in [-0.3, -0.25) is 57.5 Å². The zero-order valence-electron chi connectivity index (χ0n) is 68.9. The lowest BCUT2D eigenvalue weighted by Gasteiger charge is -2.47. The van der Waals surface area contributed by atoms with Gasteiger partial charge >= 0.3 is 12.4 Å². The van der Waals surface area contributed by atoms with Crippen molar-refractivity contribution in [3.05, 3.63) is 0 Å². The number of rotatable bonds is 14. The van der Waals surface area contributed by atoms with E-state index in [1.165, 1.54) is 76.6 Å². The molecule has 1 spiro atoms. The van der Waals surface area contributed by atoms with Crippen molar-refractivity contribution in [2.75, 3.05) is 101 Å². The van der Waals surface area contributed by atoms with Crippen LogP contribution in [0.1, 0.15) is 207 Å². The highest BCUT2D eigenvalue weighted by Gasteiger charge is 2.57. The predicted molar refractivity (Wildman–Crippen MR) is 406 cm³/mol. The molecule has 0 radical (unpaired) electrons. The molecule has 4 aliphatic heterocycles. The number of carbonyl (C=O) groups excluding carboxylic acids is 12. The maximum Gasteiger partial charge on any atom is 0.397 e. The number of nitrogens with one attached hydrogen (secondary N) is 3. The van der Waals surface area contributed by atoms with Gasteiger partial charge in [0.1, 0.15) is 72.1 Å². The van der Waals surface area contributed by atoms with Gasteiger partial charge in [-0.1, -0.05) is 72.6 Å². The lowest BCUT2D eigenvalue weighted by Crippen LogP contribution is -2.69. The molecule has 4 heterocycles. The molecule has 115 heavy (non-hydrogen) atoms. The Morgan fingerprint density at radius 1 is 0.565 bits per heavy atom. The number of amides is 12. The van der Waals surface area contributed by atoms with Gasteiger partial charge < -0.3 is 69.5 Å².